The van der Waals surface area contributed by atoms with Crippen molar-refractivity contribution in [3.8, 4) is 0 Å². The maximum atomic E-state index is 4.30. The Hall–Kier alpha value is -1.51. The van der Waals surface area contributed by atoms with Gasteiger partial charge in [0.05, 0.1) is 5.69 Å². The maximum Gasteiger partial charge on any atom is 0.148 e. The van der Waals surface area contributed by atoms with E-state index in [4.69, 9.17) is 0 Å². The summed E-state index contributed by atoms with van der Waals surface area (Å²) in [5.41, 5.74) is 1.78. The molecule has 0 aromatic carbocycles. The van der Waals surface area contributed by atoms with E-state index in [1.807, 2.05) is 19.1 Å². The van der Waals surface area contributed by atoms with Gasteiger partial charge in [0.1, 0.15) is 11.5 Å². The second kappa shape index (κ2) is 3.47. The van der Waals surface area contributed by atoms with Crippen molar-refractivity contribution in [2.75, 3.05) is 0 Å². The van der Waals surface area contributed by atoms with Gasteiger partial charge in [0.2, 0.25) is 0 Å². The van der Waals surface area contributed by atoms with Crippen molar-refractivity contribution in [3.63, 3.8) is 0 Å². The number of fused-ring (bicyclic) bond motifs is 1. The third kappa shape index (κ3) is 1.80. The van der Waals surface area contributed by atoms with Gasteiger partial charge in [0.15, 0.2) is 0 Å². The van der Waals surface area contributed by atoms with Crippen LogP contribution in [0.1, 0.15) is 30.1 Å². The van der Waals surface area contributed by atoms with Gasteiger partial charge in [-0.25, -0.2) is 4.98 Å². The standard InChI is InChI=1S/C10H11N3/c1-8-11-9-6-4-2-3-5-7-10(9)13-12-8/h4-7H,2-3H2,1H3/b6-4-,7-5-. The smallest absolute Gasteiger partial charge is 0.148 e. The molecule has 1 aliphatic rings. The van der Waals surface area contributed by atoms with Crippen LogP contribution >= 0.6 is 0 Å². The third-order valence-corrected chi connectivity index (χ3v) is 1.90. The van der Waals surface area contributed by atoms with Crippen LogP contribution in [0.15, 0.2) is 12.2 Å². The molecule has 0 N–H and O–H groups in total. The monoisotopic (exact) mass is 173 g/mol. The second-order valence-corrected chi connectivity index (χ2v) is 3.01. The van der Waals surface area contributed by atoms with Crippen molar-refractivity contribution in [3.05, 3.63) is 29.4 Å². The zero-order valence-corrected chi connectivity index (χ0v) is 7.57. The largest absolute Gasteiger partial charge is 0.230 e. The lowest BCUT2D eigenvalue weighted by atomic mass is 10.1. The summed E-state index contributed by atoms with van der Waals surface area (Å²) in [5.74, 6) is 0.720. The second-order valence-electron chi connectivity index (χ2n) is 3.01. The molecule has 0 spiro atoms. The van der Waals surface area contributed by atoms with E-state index >= 15 is 0 Å². The SMILES string of the molecule is Cc1nnc2c(n1)/C=C\CC/C=C\2. The molecular formula is C10H11N3. The summed E-state index contributed by atoms with van der Waals surface area (Å²) in [6.07, 6.45) is 10.4. The fourth-order valence-electron chi connectivity index (χ4n) is 1.26. The molecule has 0 atom stereocenters. The van der Waals surface area contributed by atoms with Gasteiger partial charge in [-0.3, -0.25) is 0 Å². The number of nitrogens with zero attached hydrogens (tertiary/aromatic N) is 3. The normalized spacial score (nSPS) is 19.8. The Morgan fingerprint density at radius 3 is 2.46 bits per heavy atom. The lowest BCUT2D eigenvalue weighted by Crippen LogP contribution is -1.99. The molecule has 3 heteroatoms. The van der Waals surface area contributed by atoms with Gasteiger partial charge in [-0.1, -0.05) is 12.2 Å². The molecule has 0 saturated heterocycles. The van der Waals surface area contributed by atoms with Crippen molar-refractivity contribution in [2.24, 2.45) is 0 Å². The van der Waals surface area contributed by atoms with Gasteiger partial charge in [0, 0.05) is 0 Å². The number of aryl methyl sites for hydroxylation is 1. The first-order valence-electron chi connectivity index (χ1n) is 4.40. The molecule has 1 aromatic heterocycles. The fourth-order valence-corrected chi connectivity index (χ4v) is 1.26. The number of allylic oxidation sites excluding steroid dienone is 2. The number of hydrogen-bond acceptors (Lipinski definition) is 3. The Bertz CT molecular complexity index is 366. The predicted molar refractivity (Wildman–Crippen MR) is 51.9 cm³/mol. The highest BCUT2D eigenvalue weighted by atomic mass is 15.2. The number of aromatic nitrogens is 3. The van der Waals surface area contributed by atoms with E-state index in [1.165, 1.54) is 0 Å². The molecule has 3 nitrogen and oxygen atoms in total. The van der Waals surface area contributed by atoms with Gasteiger partial charge >= 0.3 is 0 Å². The Kier molecular flexibility index (Phi) is 2.17. The van der Waals surface area contributed by atoms with Crippen molar-refractivity contribution < 1.29 is 0 Å². The molecule has 0 unspecified atom stereocenters. The van der Waals surface area contributed by atoms with E-state index in [0.29, 0.717) is 0 Å². The summed E-state index contributed by atoms with van der Waals surface area (Å²) in [7, 11) is 0. The Labute approximate surface area is 77.2 Å². The minimum Gasteiger partial charge on any atom is -0.230 e. The molecule has 1 aliphatic carbocycles. The third-order valence-electron chi connectivity index (χ3n) is 1.90. The average Bonchev–Trinajstić information content (AvgIpc) is 2.08. The van der Waals surface area contributed by atoms with Crippen LogP contribution in [0.2, 0.25) is 0 Å². The zero-order chi connectivity index (χ0) is 9.10. The molecule has 0 fully saturated rings. The van der Waals surface area contributed by atoms with Gasteiger partial charge < -0.3 is 0 Å². The van der Waals surface area contributed by atoms with Crippen LogP contribution in [0.25, 0.3) is 12.2 Å². The molecule has 0 radical (unpaired) electrons. The van der Waals surface area contributed by atoms with Crippen LogP contribution < -0.4 is 0 Å². The van der Waals surface area contributed by atoms with Crippen LogP contribution in [-0.2, 0) is 0 Å². The molecule has 1 heterocycles. The lowest BCUT2D eigenvalue weighted by Gasteiger charge is -2.01. The molecule has 0 aliphatic heterocycles. The Balaban J connectivity index is 2.50. The van der Waals surface area contributed by atoms with Crippen molar-refractivity contribution >= 4 is 12.2 Å². The Morgan fingerprint density at radius 2 is 1.69 bits per heavy atom. The van der Waals surface area contributed by atoms with Crippen LogP contribution in [0.4, 0.5) is 0 Å². The van der Waals surface area contributed by atoms with Gasteiger partial charge in [-0.2, -0.15) is 0 Å². The minimum atomic E-state index is 0.720. The number of hydrogen-bond donors (Lipinski definition) is 0. The lowest BCUT2D eigenvalue weighted by molar-refractivity contribution is 0.887. The van der Waals surface area contributed by atoms with E-state index in [-0.39, 0.29) is 0 Å². The van der Waals surface area contributed by atoms with E-state index in [9.17, 15) is 0 Å². The maximum absolute atomic E-state index is 4.30. The number of rotatable bonds is 0. The van der Waals surface area contributed by atoms with E-state index in [0.717, 1.165) is 30.1 Å². The molecule has 2 rings (SSSR count). The van der Waals surface area contributed by atoms with Gasteiger partial charge in [-0.05, 0) is 31.9 Å². The zero-order valence-electron chi connectivity index (χ0n) is 7.57. The molecule has 1 aromatic rings. The van der Waals surface area contributed by atoms with Crippen LogP contribution in [0.3, 0.4) is 0 Å². The molecular weight excluding hydrogens is 162 g/mol. The molecule has 0 bridgehead atoms. The first kappa shape index (κ1) is 8.10. The highest BCUT2D eigenvalue weighted by Crippen LogP contribution is 2.11. The summed E-state index contributed by atoms with van der Waals surface area (Å²) in [6.45, 7) is 1.85. The first-order valence-corrected chi connectivity index (χ1v) is 4.40. The quantitative estimate of drug-likeness (QED) is 0.602. The molecule has 0 saturated carbocycles. The van der Waals surface area contributed by atoms with Crippen LogP contribution in [-0.4, -0.2) is 15.2 Å². The van der Waals surface area contributed by atoms with E-state index in [1.54, 1.807) is 0 Å². The summed E-state index contributed by atoms with van der Waals surface area (Å²) in [4.78, 5) is 4.30. The van der Waals surface area contributed by atoms with Gasteiger partial charge in [0.25, 0.3) is 0 Å². The summed E-state index contributed by atoms with van der Waals surface area (Å²) >= 11 is 0. The highest BCUT2D eigenvalue weighted by Gasteiger charge is 2.02. The van der Waals surface area contributed by atoms with Crippen LogP contribution in [0.5, 0.6) is 0 Å². The topological polar surface area (TPSA) is 38.7 Å². The first-order chi connectivity index (χ1) is 6.36. The van der Waals surface area contributed by atoms with Crippen LogP contribution in [0, 0.1) is 6.92 Å². The van der Waals surface area contributed by atoms with E-state index in [2.05, 4.69) is 27.3 Å². The van der Waals surface area contributed by atoms with Crippen molar-refractivity contribution in [1.29, 1.82) is 0 Å². The summed E-state index contributed by atoms with van der Waals surface area (Å²) < 4.78 is 0. The summed E-state index contributed by atoms with van der Waals surface area (Å²) in [5, 5.41) is 7.99. The predicted octanol–water partition coefficient (Wildman–Crippen LogP) is 2.00. The average molecular weight is 173 g/mol. The fraction of sp³-hybridized carbons (Fsp3) is 0.300. The van der Waals surface area contributed by atoms with Crippen molar-refractivity contribution in [1.82, 2.24) is 15.2 Å². The Morgan fingerprint density at radius 1 is 1.00 bits per heavy atom. The van der Waals surface area contributed by atoms with E-state index < -0.39 is 0 Å². The van der Waals surface area contributed by atoms with Gasteiger partial charge in [-0.15, -0.1) is 10.2 Å². The van der Waals surface area contributed by atoms with Crippen molar-refractivity contribution in [2.45, 2.75) is 19.8 Å². The molecule has 66 valence electrons. The minimum absolute atomic E-state index is 0.720. The summed E-state index contributed by atoms with van der Waals surface area (Å²) in [6, 6.07) is 0. The molecule has 13 heavy (non-hydrogen) atoms. The highest BCUT2D eigenvalue weighted by molar-refractivity contribution is 5.59. The molecule has 0 amide bonds.